The van der Waals surface area contributed by atoms with E-state index in [9.17, 15) is 4.79 Å². The zero-order valence-electron chi connectivity index (χ0n) is 15.1. The molecule has 0 spiro atoms. The fraction of sp³-hybridized carbons (Fsp3) is 0.368. The maximum atomic E-state index is 12.2. The molecule has 2 rings (SSSR count). The number of carbonyl (C=O) groups excluding carboxylic acids is 1. The fourth-order valence-corrected chi connectivity index (χ4v) is 2.28. The van der Waals surface area contributed by atoms with Crippen LogP contribution in [0.15, 0.2) is 36.5 Å². The van der Waals surface area contributed by atoms with Crippen molar-refractivity contribution >= 4 is 17.4 Å². The molecule has 134 valence electrons. The van der Waals surface area contributed by atoms with Gasteiger partial charge >= 0.3 is 0 Å². The van der Waals surface area contributed by atoms with Crippen LogP contribution < -0.4 is 20.1 Å². The van der Waals surface area contributed by atoms with E-state index in [0.29, 0.717) is 35.3 Å². The van der Waals surface area contributed by atoms with Crippen molar-refractivity contribution in [3.05, 3.63) is 42.1 Å². The summed E-state index contributed by atoms with van der Waals surface area (Å²) in [7, 11) is 3.18. The Balaban J connectivity index is 2.07. The van der Waals surface area contributed by atoms with Gasteiger partial charge in [0.15, 0.2) is 11.5 Å². The molecule has 0 aliphatic heterocycles. The van der Waals surface area contributed by atoms with Crippen molar-refractivity contribution < 1.29 is 14.3 Å². The number of carbonyl (C=O) groups is 1. The smallest absolute Gasteiger partial charge is 0.251 e. The van der Waals surface area contributed by atoms with Crippen molar-refractivity contribution in [2.75, 3.05) is 26.1 Å². The van der Waals surface area contributed by atoms with Gasteiger partial charge in [-0.15, -0.1) is 0 Å². The summed E-state index contributed by atoms with van der Waals surface area (Å²) in [4.78, 5) is 16.5. The molecule has 0 saturated carbocycles. The van der Waals surface area contributed by atoms with Gasteiger partial charge in [-0.1, -0.05) is 13.8 Å². The van der Waals surface area contributed by atoms with Crippen molar-refractivity contribution in [2.24, 2.45) is 5.92 Å². The number of benzene rings is 1. The Bertz CT molecular complexity index is 717. The second-order valence-electron chi connectivity index (χ2n) is 6.06. The van der Waals surface area contributed by atoms with Crippen LogP contribution in [-0.4, -0.2) is 31.7 Å². The van der Waals surface area contributed by atoms with Gasteiger partial charge < -0.3 is 20.1 Å². The third-order valence-corrected chi connectivity index (χ3v) is 3.69. The van der Waals surface area contributed by atoms with E-state index in [-0.39, 0.29) is 5.91 Å². The number of nitrogens with one attached hydrogen (secondary N) is 2. The Kier molecular flexibility index (Phi) is 6.62. The molecule has 25 heavy (non-hydrogen) atoms. The van der Waals surface area contributed by atoms with E-state index in [1.165, 1.54) is 0 Å². The summed E-state index contributed by atoms with van der Waals surface area (Å²) in [5, 5.41) is 6.10. The van der Waals surface area contributed by atoms with Crippen LogP contribution in [0, 0.1) is 5.92 Å². The number of amides is 1. The molecule has 1 amide bonds. The fourth-order valence-electron chi connectivity index (χ4n) is 2.28. The van der Waals surface area contributed by atoms with Crippen molar-refractivity contribution in [1.29, 1.82) is 0 Å². The second-order valence-corrected chi connectivity index (χ2v) is 6.06. The highest BCUT2D eigenvalue weighted by Gasteiger charge is 2.09. The quantitative estimate of drug-likeness (QED) is 0.766. The molecule has 0 unspecified atom stereocenters. The van der Waals surface area contributed by atoms with Crippen LogP contribution in [0.25, 0.3) is 0 Å². The molecule has 0 fully saturated rings. The molecule has 1 aromatic heterocycles. The SMILES string of the molecule is COc1ccc(Nc2cc(C(=O)NCCC(C)C)ccn2)cc1OC. The number of rotatable bonds is 8. The summed E-state index contributed by atoms with van der Waals surface area (Å²) >= 11 is 0. The average molecular weight is 343 g/mol. The number of hydrogen-bond acceptors (Lipinski definition) is 5. The molecule has 0 aliphatic carbocycles. The van der Waals surface area contributed by atoms with Gasteiger partial charge in [0.25, 0.3) is 5.91 Å². The first kappa shape index (κ1) is 18.6. The van der Waals surface area contributed by atoms with Gasteiger partial charge in [-0.3, -0.25) is 4.79 Å². The Labute approximate surface area is 148 Å². The van der Waals surface area contributed by atoms with Gasteiger partial charge in [0.1, 0.15) is 5.82 Å². The standard InChI is InChI=1S/C19H25N3O3/c1-13(2)7-9-21-19(23)14-8-10-20-18(11-14)22-15-5-6-16(24-3)17(12-15)25-4/h5-6,8,10-13H,7,9H2,1-4H3,(H,20,22)(H,21,23). The Morgan fingerprint density at radius 2 is 1.88 bits per heavy atom. The van der Waals surface area contributed by atoms with Crippen LogP contribution in [0.1, 0.15) is 30.6 Å². The predicted octanol–water partition coefficient (Wildman–Crippen LogP) is 3.62. The number of hydrogen-bond donors (Lipinski definition) is 2. The number of anilines is 2. The third-order valence-electron chi connectivity index (χ3n) is 3.69. The highest BCUT2D eigenvalue weighted by atomic mass is 16.5. The molecule has 0 atom stereocenters. The Morgan fingerprint density at radius 3 is 2.56 bits per heavy atom. The van der Waals surface area contributed by atoms with E-state index >= 15 is 0 Å². The van der Waals surface area contributed by atoms with Gasteiger partial charge in [0.2, 0.25) is 0 Å². The van der Waals surface area contributed by atoms with E-state index in [1.807, 2.05) is 18.2 Å². The Morgan fingerprint density at radius 1 is 1.12 bits per heavy atom. The summed E-state index contributed by atoms with van der Waals surface area (Å²) in [5.74, 6) is 2.32. The topological polar surface area (TPSA) is 72.5 Å². The van der Waals surface area contributed by atoms with Crippen molar-refractivity contribution in [3.8, 4) is 11.5 Å². The van der Waals surface area contributed by atoms with E-state index in [0.717, 1.165) is 12.1 Å². The van der Waals surface area contributed by atoms with Crippen LogP contribution in [0.2, 0.25) is 0 Å². The first-order valence-corrected chi connectivity index (χ1v) is 8.26. The number of ether oxygens (including phenoxy) is 2. The van der Waals surface area contributed by atoms with Crippen molar-refractivity contribution in [3.63, 3.8) is 0 Å². The molecule has 6 heteroatoms. The number of pyridine rings is 1. The van der Waals surface area contributed by atoms with E-state index in [1.54, 1.807) is 32.5 Å². The summed E-state index contributed by atoms with van der Waals surface area (Å²) in [5.41, 5.74) is 1.37. The average Bonchev–Trinajstić information content (AvgIpc) is 2.61. The summed E-state index contributed by atoms with van der Waals surface area (Å²) in [6.07, 6.45) is 2.56. The molecular formula is C19H25N3O3. The number of methoxy groups -OCH3 is 2. The van der Waals surface area contributed by atoms with Gasteiger partial charge in [-0.25, -0.2) is 4.98 Å². The van der Waals surface area contributed by atoms with Crippen LogP contribution in [0.5, 0.6) is 11.5 Å². The van der Waals surface area contributed by atoms with Crippen molar-refractivity contribution in [2.45, 2.75) is 20.3 Å². The minimum Gasteiger partial charge on any atom is -0.493 e. The molecule has 0 radical (unpaired) electrons. The zero-order chi connectivity index (χ0) is 18.2. The molecule has 2 aromatic rings. The van der Waals surface area contributed by atoms with Gasteiger partial charge in [0, 0.05) is 30.1 Å². The summed E-state index contributed by atoms with van der Waals surface area (Å²) in [6, 6.07) is 8.91. The van der Waals surface area contributed by atoms with E-state index in [2.05, 4.69) is 29.5 Å². The monoisotopic (exact) mass is 343 g/mol. The Hall–Kier alpha value is -2.76. The number of nitrogens with zero attached hydrogens (tertiary/aromatic N) is 1. The van der Waals surface area contributed by atoms with Crippen molar-refractivity contribution in [1.82, 2.24) is 10.3 Å². The second kappa shape index (κ2) is 8.92. The highest BCUT2D eigenvalue weighted by Crippen LogP contribution is 2.30. The van der Waals surface area contributed by atoms with Crippen LogP contribution in [0.4, 0.5) is 11.5 Å². The number of aromatic nitrogens is 1. The molecule has 0 aliphatic rings. The largest absolute Gasteiger partial charge is 0.493 e. The zero-order valence-corrected chi connectivity index (χ0v) is 15.1. The molecule has 0 bridgehead atoms. The minimum atomic E-state index is -0.0987. The third kappa shape index (κ3) is 5.38. The van der Waals surface area contributed by atoms with Gasteiger partial charge in [-0.2, -0.15) is 0 Å². The molecule has 1 aromatic carbocycles. The minimum absolute atomic E-state index is 0.0987. The molecule has 0 saturated heterocycles. The predicted molar refractivity (Wildman–Crippen MR) is 98.9 cm³/mol. The molecule has 1 heterocycles. The lowest BCUT2D eigenvalue weighted by atomic mass is 10.1. The van der Waals surface area contributed by atoms with Crippen LogP contribution in [0.3, 0.4) is 0 Å². The molecule has 2 N–H and O–H groups in total. The lowest BCUT2D eigenvalue weighted by molar-refractivity contribution is 0.0952. The van der Waals surface area contributed by atoms with Gasteiger partial charge in [-0.05, 0) is 36.6 Å². The van der Waals surface area contributed by atoms with E-state index < -0.39 is 0 Å². The van der Waals surface area contributed by atoms with E-state index in [4.69, 9.17) is 9.47 Å². The summed E-state index contributed by atoms with van der Waals surface area (Å²) < 4.78 is 10.5. The van der Waals surface area contributed by atoms with Crippen LogP contribution >= 0.6 is 0 Å². The summed E-state index contributed by atoms with van der Waals surface area (Å²) in [6.45, 7) is 4.92. The highest BCUT2D eigenvalue weighted by molar-refractivity contribution is 5.94. The first-order chi connectivity index (χ1) is 12.0. The van der Waals surface area contributed by atoms with Gasteiger partial charge in [0.05, 0.1) is 14.2 Å². The van der Waals surface area contributed by atoms with Crippen LogP contribution in [-0.2, 0) is 0 Å². The normalized spacial score (nSPS) is 10.4. The molecular weight excluding hydrogens is 318 g/mol. The lowest BCUT2D eigenvalue weighted by Gasteiger charge is -2.12. The first-order valence-electron chi connectivity index (χ1n) is 8.26. The molecule has 6 nitrogen and oxygen atoms in total. The maximum absolute atomic E-state index is 12.2. The maximum Gasteiger partial charge on any atom is 0.251 e. The lowest BCUT2D eigenvalue weighted by Crippen LogP contribution is -2.25.